The lowest BCUT2D eigenvalue weighted by Gasteiger charge is -2.18. The van der Waals surface area contributed by atoms with E-state index in [9.17, 15) is 18.0 Å². The molecule has 0 saturated carbocycles. The fourth-order valence-electron chi connectivity index (χ4n) is 1.85. The second kappa shape index (κ2) is 6.30. The molecule has 0 radical (unpaired) electrons. The number of hydrogen-bond donors (Lipinski definition) is 0. The summed E-state index contributed by atoms with van der Waals surface area (Å²) in [5.41, 5.74) is 0.609. The zero-order valence-electron chi connectivity index (χ0n) is 11.0. The molecule has 6 heteroatoms. The highest BCUT2D eigenvalue weighted by Crippen LogP contribution is 2.19. The van der Waals surface area contributed by atoms with Gasteiger partial charge in [-0.2, -0.15) is 0 Å². The monoisotopic (exact) mass is 357 g/mol. The average molecular weight is 358 g/mol. The largest absolute Gasteiger partial charge is 0.337 e. The lowest BCUT2D eigenvalue weighted by atomic mass is 10.1. The third-order valence-electron chi connectivity index (χ3n) is 2.94. The first kappa shape index (κ1) is 15.6. The number of carbonyl (C=O) groups is 1. The fraction of sp³-hybridized carbons (Fsp3) is 0.133. The number of nitrogens with zero attached hydrogens (tertiary/aromatic N) is 1. The molecule has 21 heavy (non-hydrogen) atoms. The van der Waals surface area contributed by atoms with Gasteiger partial charge in [-0.1, -0.05) is 34.1 Å². The van der Waals surface area contributed by atoms with E-state index in [0.717, 1.165) is 10.0 Å². The summed E-state index contributed by atoms with van der Waals surface area (Å²) < 4.78 is 40.0. The summed E-state index contributed by atoms with van der Waals surface area (Å²) in [5, 5.41) is 0. The van der Waals surface area contributed by atoms with E-state index in [1.54, 1.807) is 0 Å². The molecule has 0 unspecified atom stereocenters. The van der Waals surface area contributed by atoms with Crippen LogP contribution >= 0.6 is 15.9 Å². The van der Waals surface area contributed by atoms with Crippen LogP contribution in [0.4, 0.5) is 13.2 Å². The molecule has 0 N–H and O–H groups in total. The van der Waals surface area contributed by atoms with E-state index in [4.69, 9.17) is 0 Å². The Balaban J connectivity index is 2.22. The Kier molecular flexibility index (Phi) is 4.67. The van der Waals surface area contributed by atoms with Crippen LogP contribution in [0.25, 0.3) is 0 Å². The maximum atomic E-state index is 13.2. The van der Waals surface area contributed by atoms with Crippen LogP contribution in [0.1, 0.15) is 15.9 Å². The summed E-state index contributed by atoms with van der Waals surface area (Å²) in [6, 6.07) is 8.68. The van der Waals surface area contributed by atoms with Gasteiger partial charge < -0.3 is 4.90 Å². The minimum Gasteiger partial charge on any atom is -0.337 e. The molecule has 0 aliphatic rings. The SMILES string of the molecule is CN(Cc1ccccc1Br)C(=O)c1cc(F)c(F)c(F)c1. The third kappa shape index (κ3) is 3.44. The van der Waals surface area contributed by atoms with Crippen molar-refractivity contribution in [1.82, 2.24) is 4.90 Å². The van der Waals surface area contributed by atoms with Crippen molar-refractivity contribution in [3.63, 3.8) is 0 Å². The van der Waals surface area contributed by atoms with Gasteiger partial charge in [-0.3, -0.25) is 4.79 Å². The van der Waals surface area contributed by atoms with E-state index in [1.165, 1.54) is 11.9 Å². The van der Waals surface area contributed by atoms with Crippen molar-refractivity contribution in [3.8, 4) is 0 Å². The molecule has 0 heterocycles. The van der Waals surface area contributed by atoms with Gasteiger partial charge in [-0.25, -0.2) is 13.2 Å². The molecule has 0 fully saturated rings. The average Bonchev–Trinajstić information content (AvgIpc) is 2.45. The number of carbonyl (C=O) groups excluding carboxylic acids is 1. The molecule has 2 rings (SSSR count). The Bertz CT molecular complexity index is 667. The van der Waals surface area contributed by atoms with E-state index < -0.39 is 23.4 Å². The lowest BCUT2D eigenvalue weighted by molar-refractivity contribution is 0.0783. The number of rotatable bonds is 3. The second-order valence-electron chi connectivity index (χ2n) is 4.51. The molecular formula is C15H11BrF3NO. The van der Waals surface area contributed by atoms with Gasteiger partial charge in [-0.15, -0.1) is 0 Å². The van der Waals surface area contributed by atoms with Gasteiger partial charge in [0.05, 0.1) is 0 Å². The van der Waals surface area contributed by atoms with Gasteiger partial charge in [-0.05, 0) is 23.8 Å². The molecule has 0 aliphatic heterocycles. The van der Waals surface area contributed by atoms with Crippen molar-refractivity contribution in [3.05, 3.63) is 69.4 Å². The number of hydrogen-bond acceptors (Lipinski definition) is 1. The zero-order chi connectivity index (χ0) is 15.6. The van der Waals surface area contributed by atoms with Crippen molar-refractivity contribution < 1.29 is 18.0 Å². The summed E-state index contributed by atoms with van der Waals surface area (Å²) in [6.45, 7) is 0.251. The summed E-state index contributed by atoms with van der Waals surface area (Å²) in [7, 11) is 1.50. The van der Waals surface area contributed by atoms with Crippen molar-refractivity contribution in [2.24, 2.45) is 0 Å². The van der Waals surface area contributed by atoms with E-state index >= 15 is 0 Å². The van der Waals surface area contributed by atoms with Gasteiger partial charge in [0.1, 0.15) is 0 Å². The van der Waals surface area contributed by atoms with E-state index in [2.05, 4.69) is 15.9 Å². The van der Waals surface area contributed by atoms with Gasteiger partial charge >= 0.3 is 0 Å². The predicted molar refractivity (Wildman–Crippen MR) is 76.3 cm³/mol. The van der Waals surface area contributed by atoms with E-state index in [0.29, 0.717) is 12.1 Å². The lowest BCUT2D eigenvalue weighted by Crippen LogP contribution is -2.26. The molecule has 0 aromatic heterocycles. The third-order valence-corrected chi connectivity index (χ3v) is 3.72. The van der Waals surface area contributed by atoms with E-state index in [-0.39, 0.29) is 12.1 Å². The highest BCUT2D eigenvalue weighted by molar-refractivity contribution is 9.10. The molecule has 0 aliphatic carbocycles. The Labute approximate surface area is 128 Å². The maximum Gasteiger partial charge on any atom is 0.254 e. The fourth-order valence-corrected chi connectivity index (χ4v) is 2.26. The van der Waals surface area contributed by atoms with Crippen LogP contribution in [0.5, 0.6) is 0 Å². The Morgan fingerprint density at radius 3 is 2.29 bits per heavy atom. The first-order chi connectivity index (χ1) is 9.90. The Hall–Kier alpha value is -1.82. The van der Waals surface area contributed by atoms with Crippen LogP contribution in [0, 0.1) is 17.5 Å². The first-order valence-electron chi connectivity index (χ1n) is 6.03. The normalized spacial score (nSPS) is 10.5. The van der Waals surface area contributed by atoms with Gasteiger partial charge in [0.2, 0.25) is 0 Å². The van der Waals surface area contributed by atoms with E-state index in [1.807, 2.05) is 24.3 Å². The van der Waals surface area contributed by atoms with Crippen LogP contribution in [-0.4, -0.2) is 17.9 Å². The number of halogens is 4. The van der Waals surface area contributed by atoms with Crippen LogP contribution in [0.2, 0.25) is 0 Å². The van der Waals surface area contributed by atoms with Crippen molar-refractivity contribution in [2.75, 3.05) is 7.05 Å². The highest BCUT2D eigenvalue weighted by Gasteiger charge is 2.18. The quantitative estimate of drug-likeness (QED) is 0.756. The molecule has 0 spiro atoms. The van der Waals surface area contributed by atoms with Crippen LogP contribution in [0.15, 0.2) is 40.9 Å². The first-order valence-corrected chi connectivity index (χ1v) is 6.83. The molecule has 0 saturated heterocycles. The summed E-state index contributed by atoms with van der Waals surface area (Å²) >= 11 is 3.36. The second-order valence-corrected chi connectivity index (χ2v) is 5.36. The van der Waals surface area contributed by atoms with Gasteiger partial charge in [0, 0.05) is 23.6 Å². The standard InChI is InChI=1S/C15H11BrF3NO/c1-20(8-9-4-2-3-5-11(9)16)15(21)10-6-12(17)14(19)13(18)7-10/h2-7H,8H2,1H3. The molecule has 2 aromatic rings. The minimum absolute atomic E-state index is 0.235. The zero-order valence-corrected chi connectivity index (χ0v) is 12.6. The van der Waals surface area contributed by atoms with Crippen molar-refractivity contribution in [1.29, 1.82) is 0 Å². The summed E-state index contributed by atoms with van der Waals surface area (Å²) in [4.78, 5) is 13.4. The maximum absolute atomic E-state index is 13.2. The number of benzene rings is 2. The molecule has 0 bridgehead atoms. The minimum atomic E-state index is -1.58. The summed E-state index contributed by atoms with van der Waals surface area (Å²) in [5.74, 6) is -4.94. The molecule has 1 amide bonds. The number of amides is 1. The van der Waals surface area contributed by atoms with Crippen LogP contribution in [-0.2, 0) is 6.54 Å². The van der Waals surface area contributed by atoms with Gasteiger partial charge in [0.15, 0.2) is 17.5 Å². The molecule has 2 nitrogen and oxygen atoms in total. The predicted octanol–water partition coefficient (Wildman–Crippen LogP) is 4.14. The molecule has 2 aromatic carbocycles. The van der Waals surface area contributed by atoms with Crippen LogP contribution < -0.4 is 0 Å². The van der Waals surface area contributed by atoms with Crippen LogP contribution in [0.3, 0.4) is 0 Å². The molecule has 0 atom stereocenters. The van der Waals surface area contributed by atoms with Gasteiger partial charge in [0.25, 0.3) is 5.91 Å². The molecule has 110 valence electrons. The van der Waals surface area contributed by atoms with Crippen molar-refractivity contribution >= 4 is 21.8 Å². The Morgan fingerprint density at radius 2 is 1.71 bits per heavy atom. The highest BCUT2D eigenvalue weighted by atomic mass is 79.9. The summed E-state index contributed by atoms with van der Waals surface area (Å²) in [6.07, 6.45) is 0. The Morgan fingerprint density at radius 1 is 1.14 bits per heavy atom. The smallest absolute Gasteiger partial charge is 0.254 e. The topological polar surface area (TPSA) is 20.3 Å². The van der Waals surface area contributed by atoms with Crippen molar-refractivity contribution in [2.45, 2.75) is 6.54 Å². The molecular weight excluding hydrogens is 347 g/mol.